The Morgan fingerprint density at radius 2 is 1.93 bits per heavy atom. The first-order valence-corrected chi connectivity index (χ1v) is 4.99. The number of hydrogen-bond donors (Lipinski definition) is 1. The van der Waals surface area contributed by atoms with Crippen LogP contribution in [0.4, 0.5) is 8.78 Å². The van der Waals surface area contributed by atoms with Crippen LogP contribution in [0.5, 0.6) is 0 Å². The summed E-state index contributed by atoms with van der Waals surface area (Å²) in [5, 5.41) is 9.37. The summed E-state index contributed by atoms with van der Waals surface area (Å²) in [5.74, 6) is -0.891. The van der Waals surface area contributed by atoms with Gasteiger partial charge in [0.2, 0.25) is 0 Å². The van der Waals surface area contributed by atoms with E-state index in [-0.39, 0.29) is 12.0 Å². The molecule has 1 fully saturated rings. The molecule has 82 valence electrons. The van der Waals surface area contributed by atoms with E-state index in [0.29, 0.717) is 12.0 Å². The van der Waals surface area contributed by atoms with Gasteiger partial charge in [0.25, 0.3) is 0 Å². The number of aliphatic hydroxyl groups is 1. The molecule has 1 unspecified atom stereocenters. The van der Waals surface area contributed by atoms with Crippen molar-refractivity contribution in [1.82, 2.24) is 0 Å². The minimum Gasteiger partial charge on any atom is -0.395 e. The van der Waals surface area contributed by atoms with Crippen LogP contribution in [0.2, 0.25) is 0 Å². The molecule has 0 aromatic heterocycles. The molecule has 0 bridgehead atoms. The van der Waals surface area contributed by atoms with E-state index >= 15 is 0 Å². The first-order valence-electron chi connectivity index (χ1n) is 4.99. The van der Waals surface area contributed by atoms with Crippen LogP contribution >= 0.6 is 0 Å². The molecule has 0 amide bonds. The molecule has 0 heterocycles. The molecule has 1 aromatic rings. The third-order valence-corrected chi connectivity index (χ3v) is 3.63. The summed E-state index contributed by atoms with van der Waals surface area (Å²) in [6.45, 7) is 3.77. The van der Waals surface area contributed by atoms with E-state index in [1.54, 1.807) is 0 Å². The zero-order valence-corrected chi connectivity index (χ0v) is 8.85. The molecule has 1 N–H and O–H groups in total. The van der Waals surface area contributed by atoms with Crippen LogP contribution < -0.4 is 0 Å². The highest BCUT2D eigenvalue weighted by atomic mass is 19.1. The van der Waals surface area contributed by atoms with Crippen LogP contribution in [0, 0.1) is 17.0 Å². The van der Waals surface area contributed by atoms with Gasteiger partial charge in [-0.1, -0.05) is 13.8 Å². The molecule has 1 atom stereocenters. The van der Waals surface area contributed by atoms with Gasteiger partial charge in [-0.2, -0.15) is 0 Å². The Morgan fingerprint density at radius 3 is 2.40 bits per heavy atom. The number of benzene rings is 1. The fourth-order valence-electron chi connectivity index (χ4n) is 2.39. The predicted molar refractivity (Wildman–Crippen MR) is 53.5 cm³/mol. The summed E-state index contributed by atoms with van der Waals surface area (Å²) in [4.78, 5) is 0. The third kappa shape index (κ3) is 1.37. The van der Waals surface area contributed by atoms with Crippen molar-refractivity contribution in [3.63, 3.8) is 0 Å². The second kappa shape index (κ2) is 3.01. The van der Waals surface area contributed by atoms with Crippen molar-refractivity contribution in [3.8, 4) is 0 Å². The Bertz CT molecular complexity index is 401. The lowest BCUT2D eigenvalue weighted by molar-refractivity contribution is 0.228. The molecule has 2 rings (SSSR count). The molecule has 1 aromatic carbocycles. The maximum absolute atomic E-state index is 13.6. The zero-order chi connectivity index (χ0) is 11.3. The molecule has 3 heteroatoms. The maximum Gasteiger partial charge on any atom is 0.127 e. The molecule has 1 aliphatic rings. The van der Waals surface area contributed by atoms with E-state index in [2.05, 4.69) is 0 Å². The lowest BCUT2D eigenvalue weighted by Gasteiger charge is -2.19. The van der Waals surface area contributed by atoms with Gasteiger partial charge in [-0.25, -0.2) is 8.78 Å². The zero-order valence-electron chi connectivity index (χ0n) is 8.85. The molecule has 15 heavy (non-hydrogen) atoms. The number of aliphatic hydroxyl groups excluding tert-OH is 1. The van der Waals surface area contributed by atoms with E-state index < -0.39 is 17.0 Å². The Morgan fingerprint density at radius 1 is 1.33 bits per heavy atom. The van der Waals surface area contributed by atoms with Gasteiger partial charge in [0.15, 0.2) is 0 Å². The van der Waals surface area contributed by atoms with Crippen molar-refractivity contribution < 1.29 is 13.9 Å². The summed E-state index contributed by atoms with van der Waals surface area (Å²) in [5.41, 5.74) is -0.453. The van der Waals surface area contributed by atoms with E-state index in [1.165, 1.54) is 6.07 Å². The molecule has 0 radical (unpaired) electrons. The van der Waals surface area contributed by atoms with Crippen LogP contribution in [0.15, 0.2) is 18.2 Å². The van der Waals surface area contributed by atoms with E-state index in [9.17, 15) is 13.9 Å². The van der Waals surface area contributed by atoms with E-state index in [1.807, 2.05) is 13.8 Å². The summed E-state index contributed by atoms with van der Waals surface area (Å²) in [6, 6.07) is 3.41. The number of halogens is 2. The first-order chi connectivity index (χ1) is 6.93. The second-order valence-electron chi connectivity index (χ2n) is 4.93. The smallest absolute Gasteiger partial charge is 0.127 e. The van der Waals surface area contributed by atoms with Gasteiger partial charge in [-0.15, -0.1) is 0 Å². The van der Waals surface area contributed by atoms with Crippen LogP contribution in [0.3, 0.4) is 0 Å². The van der Waals surface area contributed by atoms with Crippen molar-refractivity contribution in [3.05, 3.63) is 35.4 Å². The van der Waals surface area contributed by atoms with Gasteiger partial charge in [0.1, 0.15) is 11.6 Å². The standard InChI is InChI=1S/C12H14F2O/c1-11(2)6-12(11,7-15)9-5-8(13)3-4-10(9)14/h3-5,15H,6-7H2,1-2H3. The molecular formula is C12H14F2O. The maximum atomic E-state index is 13.6. The van der Waals surface area contributed by atoms with Crippen LogP contribution in [-0.2, 0) is 5.41 Å². The Balaban J connectivity index is 2.50. The Labute approximate surface area is 87.7 Å². The fraction of sp³-hybridized carbons (Fsp3) is 0.500. The summed E-state index contributed by atoms with van der Waals surface area (Å²) in [6.07, 6.45) is 0.691. The monoisotopic (exact) mass is 212 g/mol. The third-order valence-electron chi connectivity index (χ3n) is 3.63. The molecule has 1 nitrogen and oxygen atoms in total. The largest absolute Gasteiger partial charge is 0.395 e. The predicted octanol–water partition coefficient (Wildman–Crippen LogP) is 2.62. The van der Waals surface area contributed by atoms with Crippen molar-refractivity contribution in [2.75, 3.05) is 6.61 Å². The van der Waals surface area contributed by atoms with E-state index in [0.717, 1.165) is 12.1 Å². The van der Waals surface area contributed by atoms with Crippen molar-refractivity contribution in [2.45, 2.75) is 25.7 Å². The average Bonchev–Trinajstić information content (AvgIpc) is 2.74. The molecule has 0 saturated heterocycles. The number of rotatable bonds is 2. The molecule has 0 aliphatic heterocycles. The molecule has 1 aliphatic carbocycles. The van der Waals surface area contributed by atoms with Gasteiger partial charge in [-0.3, -0.25) is 0 Å². The normalized spacial score (nSPS) is 27.8. The fourth-order valence-corrected chi connectivity index (χ4v) is 2.39. The van der Waals surface area contributed by atoms with Crippen LogP contribution in [0.25, 0.3) is 0 Å². The second-order valence-corrected chi connectivity index (χ2v) is 4.93. The highest BCUT2D eigenvalue weighted by molar-refractivity contribution is 5.38. The van der Waals surface area contributed by atoms with Gasteiger partial charge in [0, 0.05) is 5.41 Å². The topological polar surface area (TPSA) is 20.2 Å². The van der Waals surface area contributed by atoms with Gasteiger partial charge in [0.05, 0.1) is 6.61 Å². The van der Waals surface area contributed by atoms with Gasteiger partial charge in [-0.05, 0) is 35.6 Å². The van der Waals surface area contributed by atoms with E-state index in [4.69, 9.17) is 0 Å². The minimum absolute atomic E-state index is 0.139. The quantitative estimate of drug-likeness (QED) is 0.799. The lowest BCUT2D eigenvalue weighted by Crippen LogP contribution is -2.21. The first kappa shape index (κ1) is 10.6. The van der Waals surface area contributed by atoms with Crippen molar-refractivity contribution in [1.29, 1.82) is 0 Å². The lowest BCUT2D eigenvalue weighted by atomic mass is 9.88. The van der Waals surface area contributed by atoms with Crippen LogP contribution in [0.1, 0.15) is 25.8 Å². The molecular weight excluding hydrogens is 198 g/mol. The van der Waals surface area contributed by atoms with Crippen molar-refractivity contribution >= 4 is 0 Å². The summed E-state index contributed by atoms with van der Waals surface area (Å²) in [7, 11) is 0. The SMILES string of the molecule is CC1(C)CC1(CO)c1cc(F)ccc1F. The van der Waals surface area contributed by atoms with Crippen molar-refractivity contribution in [2.24, 2.45) is 5.41 Å². The number of hydrogen-bond acceptors (Lipinski definition) is 1. The average molecular weight is 212 g/mol. The summed E-state index contributed by atoms with van der Waals surface area (Å²) >= 11 is 0. The Kier molecular flexibility index (Phi) is 2.12. The summed E-state index contributed by atoms with van der Waals surface area (Å²) < 4.78 is 26.6. The highest BCUT2D eigenvalue weighted by Crippen LogP contribution is 2.64. The minimum atomic E-state index is -0.598. The van der Waals surface area contributed by atoms with Crippen LogP contribution in [-0.4, -0.2) is 11.7 Å². The van der Waals surface area contributed by atoms with Gasteiger partial charge >= 0.3 is 0 Å². The molecule has 1 saturated carbocycles. The van der Waals surface area contributed by atoms with Gasteiger partial charge < -0.3 is 5.11 Å². The molecule has 0 spiro atoms. The highest BCUT2D eigenvalue weighted by Gasteiger charge is 2.62. The Hall–Kier alpha value is -0.960.